The van der Waals surface area contributed by atoms with Gasteiger partial charge < -0.3 is 5.11 Å². The highest BCUT2D eigenvalue weighted by Crippen LogP contribution is 2.23. The molecule has 0 aliphatic heterocycles. The first-order valence-corrected chi connectivity index (χ1v) is 4.83. The lowest BCUT2D eigenvalue weighted by Crippen LogP contribution is -2.09. The molecule has 74 valence electrons. The van der Waals surface area contributed by atoms with Gasteiger partial charge in [0.2, 0.25) is 0 Å². The van der Waals surface area contributed by atoms with Crippen molar-refractivity contribution in [2.75, 3.05) is 0 Å². The molecule has 14 heavy (non-hydrogen) atoms. The summed E-state index contributed by atoms with van der Waals surface area (Å²) in [6.07, 6.45) is 0.0107. The van der Waals surface area contributed by atoms with Gasteiger partial charge in [-0.2, -0.15) is 5.26 Å². The number of nitriles is 1. The number of hydrogen-bond donors (Lipinski definition) is 1. The van der Waals surface area contributed by atoms with Crippen LogP contribution in [0.25, 0.3) is 0 Å². The topological polar surface area (TPSA) is 44.0 Å². The molecule has 0 aromatic heterocycles. The Hall–Kier alpha value is -1.33. The fourth-order valence-corrected chi connectivity index (χ4v) is 1.38. The molecule has 0 heterocycles. The van der Waals surface area contributed by atoms with E-state index in [1.807, 2.05) is 38.1 Å². The van der Waals surface area contributed by atoms with Crippen LogP contribution in [0.15, 0.2) is 24.3 Å². The Morgan fingerprint density at radius 3 is 2.36 bits per heavy atom. The number of nitrogens with zero attached hydrogens (tertiary/aromatic N) is 1. The maximum absolute atomic E-state index is 9.85. The zero-order valence-corrected chi connectivity index (χ0v) is 8.57. The minimum atomic E-state index is -0.661. The molecular weight excluding hydrogens is 174 g/mol. The largest absolute Gasteiger partial charge is 0.387 e. The minimum Gasteiger partial charge on any atom is -0.387 e. The van der Waals surface area contributed by atoms with Crippen molar-refractivity contribution in [3.05, 3.63) is 35.4 Å². The van der Waals surface area contributed by atoms with Crippen molar-refractivity contribution in [2.24, 2.45) is 5.92 Å². The molecule has 0 fully saturated rings. The van der Waals surface area contributed by atoms with E-state index in [4.69, 9.17) is 5.26 Å². The third-order valence-corrected chi connectivity index (χ3v) is 2.41. The van der Waals surface area contributed by atoms with E-state index in [1.54, 1.807) is 0 Å². The van der Waals surface area contributed by atoms with Crippen LogP contribution in [-0.4, -0.2) is 5.11 Å². The molecule has 0 bridgehead atoms. The Kier molecular flexibility index (Phi) is 3.67. The van der Waals surface area contributed by atoms with E-state index in [2.05, 4.69) is 6.07 Å². The monoisotopic (exact) mass is 189 g/mol. The Labute approximate surface area is 84.8 Å². The van der Waals surface area contributed by atoms with Gasteiger partial charge in [-0.15, -0.1) is 0 Å². The molecule has 0 amide bonds. The average Bonchev–Trinajstić information content (AvgIpc) is 2.20. The van der Waals surface area contributed by atoms with Crippen molar-refractivity contribution in [3.63, 3.8) is 0 Å². The van der Waals surface area contributed by atoms with E-state index in [9.17, 15) is 5.11 Å². The van der Waals surface area contributed by atoms with Crippen LogP contribution < -0.4 is 0 Å². The summed E-state index contributed by atoms with van der Waals surface area (Å²) in [5, 5.41) is 18.7. The molecule has 0 saturated carbocycles. The van der Waals surface area contributed by atoms with E-state index >= 15 is 0 Å². The Morgan fingerprint density at radius 2 is 1.93 bits per heavy atom. The van der Waals surface area contributed by atoms with Gasteiger partial charge in [-0.25, -0.2) is 0 Å². The number of aliphatic hydroxyl groups is 1. The van der Waals surface area contributed by atoms with E-state index in [0.717, 1.165) is 11.1 Å². The molecule has 2 heteroatoms. The first-order chi connectivity index (χ1) is 6.69. The Bertz CT molecular complexity index is 323. The summed E-state index contributed by atoms with van der Waals surface area (Å²) in [6, 6.07) is 9.76. The van der Waals surface area contributed by atoms with E-state index in [0.29, 0.717) is 6.42 Å². The van der Waals surface area contributed by atoms with Gasteiger partial charge in [-0.1, -0.05) is 36.8 Å². The lowest BCUT2D eigenvalue weighted by molar-refractivity contribution is 0.133. The number of hydrogen-bond acceptors (Lipinski definition) is 2. The maximum Gasteiger partial charge on any atom is 0.0948 e. The molecule has 0 aliphatic rings. The fourth-order valence-electron chi connectivity index (χ4n) is 1.38. The second kappa shape index (κ2) is 4.78. The number of rotatable bonds is 3. The van der Waals surface area contributed by atoms with Crippen molar-refractivity contribution in [1.29, 1.82) is 5.26 Å². The van der Waals surface area contributed by atoms with Crippen molar-refractivity contribution in [1.82, 2.24) is 0 Å². The van der Waals surface area contributed by atoms with Crippen LogP contribution in [0.5, 0.6) is 0 Å². The Morgan fingerprint density at radius 1 is 1.36 bits per heavy atom. The lowest BCUT2D eigenvalue weighted by Gasteiger charge is -2.15. The fraction of sp³-hybridized carbons (Fsp3) is 0.417. The van der Waals surface area contributed by atoms with E-state index in [1.165, 1.54) is 0 Å². The van der Waals surface area contributed by atoms with Crippen molar-refractivity contribution < 1.29 is 5.11 Å². The SMILES string of the molecule is CCC(C#N)C(O)c1ccc(C)cc1. The van der Waals surface area contributed by atoms with Gasteiger partial charge in [-0.05, 0) is 18.9 Å². The van der Waals surface area contributed by atoms with E-state index < -0.39 is 6.10 Å². The number of aliphatic hydroxyl groups excluding tert-OH is 1. The van der Waals surface area contributed by atoms with Crippen molar-refractivity contribution in [3.8, 4) is 6.07 Å². The van der Waals surface area contributed by atoms with Crippen LogP contribution in [0.2, 0.25) is 0 Å². The molecule has 1 aromatic carbocycles. The van der Waals surface area contributed by atoms with Crippen molar-refractivity contribution in [2.45, 2.75) is 26.4 Å². The highest BCUT2D eigenvalue weighted by molar-refractivity contribution is 5.24. The van der Waals surface area contributed by atoms with Gasteiger partial charge in [0.1, 0.15) is 0 Å². The molecule has 2 atom stereocenters. The highest BCUT2D eigenvalue weighted by Gasteiger charge is 2.18. The van der Waals surface area contributed by atoms with Crippen LogP contribution in [0.4, 0.5) is 0 Å². The molecule has 1 N–H and O–H groups in total. The lowest BCUT2D eigenvalue weighted by atomic mass is 9.94. The van der Waals surface area contributed by atoms with Crippen LogP contribution in [0.1, 0.15) is 30.6 Å². The van der Waals surface area contributed by atoms with Crippen LogP contribution in [-0.2, 0) is 0 Å². The quantitative estimate of drug-likeness (QED) is 0.794. The molecule has 0 spiro atoms. The molecule has 2 unspecified atom stereocenters. The minimum absolute atomic E-state index is 0.308. The molecule has 1 aromatic rings. The third kappa shape index (κ3) is 2.34. The summed E-state index contributed by atoms with van der Waals surface area (Å²) in [5.74, 6) is -0.308. The zero-order chi connectivity index (χ0) is 10.6. The number of aryl methyl sites for hydroxylation is 1. The Balaban J connectivity index is 2.84. The van der Waals surface area contributed by atoms with Crippen molar-refractivity contribution >= 4 is 0 Å². The van der Waals surface area contributed by atoms with Gasteiger partial charge in [0.25, 0.3) is 0 Å². The van der Waals surface area contributed by atoms with Crippen LogP contribution >= 0.6 is 0 Å². The average molecular weight is 189 g/mol. The van der Waals surface area contributed by atoms with E-state index in [-0.39, 0.29) is 5.92 Å². The summed E-state index contributed by atoms with van der Waals surface area (Å²) >= 11 is 0. The first-order valence-electron chi connectivity index (χ1n) is 4.83. The van der Waals surface area contributed by atoms with Gasteiger partial charge >= 0.3 is 0 Å². The summed E-state index contributed by atoms with van der Waals surface area (Å²) in [4.78, 5) is 0. The standard InChI is InChI=1S/C12H15NO/c1-3-10(8-13)12(14)11-6-4-9(2)5-7-11/h4-7,10,12,14H,3H2,1-2H3. The molecule has 0 saturated heterocycles. The summed E-state index contributed by atoms with van der Waals surface area (Å²) in [5.41, 5.74) is 1.98. The second-order valence-corrected chi connectivity index (χ2v) is 3.50. The molecule has 1 rings (SSSR count). The summed E-state index contributed by atoms with van der Waals surface area (Å²) in [6.45, 7) is 3.91. The molecule has 2 nitrogen and oxygen atoms in total. The van der Waals surface area contributed by atoms with Crippen LogP contribution in [0, 0.1) is 24.2 Å². The summed E-state index contributed by atoms with van der Waals surface area (Å²) < 4.78 is 0. The molecular formula is C12H15NO. The molecule has 0 aliphatic carbocycles. The second-order valence-electron chi connectivity index (χ2n) is 3.50. The normalized spacial score (nSPS) is 14.4. The third-order valence-electron chi connectivity index (χ3n) is 2.41. The zero-order valence-electron chi connectivity index (χ0n) is 8.57. The highest BCUT2D eigenvalue weighted by atomic mass is 16.3. The maximum atomic E-state index is 9.85. The number of benzene rings is 1. The summed E-state index contributed by atoms with van der Waals surface area (Å²) in [7, 11) is 0. The predicted octanol–water partition coefficient (Wildman–Crippen LogP) is 2.58. The van der Waals surface area contributed by atoms with Gasteiger partial charge in [0.05, 0.1) is 18.1 Å². The van der Waals surface area contributed by atoms with Gasteiger partial charge in [-0.3, -0.25) is 0 Å². The predicted molar refractivity (Wildman–Crippen MR) is 55.5 cm³/mol. The van der Waals surface area contributed by atoms with Crippen LogP contribution in [0.3, 0.4) is 0 Å². The first kappa shape index (κ1) is 10.7. The van der Waals surface area contributed by atoms with Gasteiger partial charge in [0.15, 0.2) is 0 Å². The smallest absolute Gasteiger partial charge is 0.0948 e. The van der Waals surface area contributed by atoms with Gasteiger partial charge in [0, 0.05) is 0 Å². The molecule has 0 radical (unpaired) electrons.